The third kappa shape index (κ3) is 3.04. The number of hydrogen-bond acceptors (Lipinski definition) is 1. The molecule has 3 aromatic carbocycles. The molecule has 0 heterocycles. The summed E-state index contributed by atoms with van der Waals surface area (Å²) in [5.41, 5.74) is 1.19. The Morgan fingerprint density at radius 2 is 0.957 bits per heavy atom. The Labute approximate surface area is 130 Å². The maximum absolute atomic E-state index is 13.6. The van der Waals surface area contributed by atoms with E-state index < -0.39 is 23.3 Å². The second kappa shape index (κ2) is 6.12. The molecule has 0 spiro atoms. The lowest BCUT2D eigenvalue weighted by molar-refractivity contribution is 0.508. The van der Waals surface area contributed by atoms with Crippen molar-refractivity contribution in [3.05, 3.63) is 90.0 Å². The number of hydrogen-bond donors (Lipinski definition) is 0. The van der Waals surface area contributed by atoms with Gasteiger partial charge in [-0.25, -0.2) is 17.6 Å². The zero-order chi connectivity index (χ0) is 16.4. The molecule has 0 atom stereocenters. The van der Waals surface area contributed by atoms with E-state index in [2.05, 4.69) is 0 Å². The largest absolute Gasteiger partial charge is 0.310 e. The summed E-state index contributed by atoms with van der Waals surface area (Å²) in [6.45, 7) is 0. The highest BCUT2D eigenvalue weighted by Crippen LogP contribution is 2.35. The average Bonchev–Trinajstić information content (AvgIpc) is 2.55. The number of halogens is 4. The first-order chi connectivity index (χ1) is 11.1. The minimum absolute atomic E-state index is 0.293. The smallest absolute Gasteiger partial charge is 0.160 e. The molecule has 5 heteroatoms. The standard InChI is InChI=1S/C18H11F4N/c19-15-8-6-13(10-17(15)21)23(12-4-2-1-3-5-12)14-7-9-16(20)18(22)11-14/h1-11H. The van der Waals surface area contributed by atoms with Crippen LogP contribution < -0.4 is 4.90 Å². The van der Waals surface area contributed by atoms with Crippen LogP contribution in [0.1, 0.15) is 0 Å². The van der Waals surface area contributed by atoms with E-state index in [4.69, 9.17) is 0 Å². The highest BCUT2D eigenvalue weighted by molar-refractivity contribution is 5.76. The molecule has 0 fully saturated rings. The van der Waals surface area contributed by atoms with E-state index in [1.807, 2.05) is 0 Å². The lowest BCUT2D eigenvalue weighted by atomic mass is 10.2. The van der Waals surface area contributed by atoms with Crippen LogP contribution in [0.25, 0.3) is 0 Å². The fraction of sp³-hybridized carbons (Fsp3) is 0. The van der Waals surface area contributed by atoms with Gasteiger partial charge in [0.2, 0.25) is 0 Å². The van der Waals surface area contributed by atoms with Crippen LogP contribution in [0.3, 0.4) is 0 Å². The summed E-state index contributed by atoms with van der Waals surface area (Å²) in [4.78, 5) is 1.50. The van der Waals surface area contributed by atoms with Crippen molar-refractivity contribution < 1.29 is 17.6 Å². The zero-order valence-electron chi connectivity index (χ0n) is 11.8. The first kappa shape index (κ1) is 15.1. The molecule has 0 aliphatic rings. The SMILES string of the molecule is Fc1ccc(N(c2ccccc2)c2ccc(F)c(F)c2)cc1F. The molecular weight excluding hydrogens is 306 g/mol. The van der Waals surface area contributed by atoms with Crippen molar-refractivity contribution in [3.63, 3.8) is 0 Å². The van der Waals surface area contributed by atoms with Gasteiger partial charge in [-0.1, -0.05) is 18.2 Å². The molecule has 0 radical (unpaired) electrons. The maximum Gasteiger partial charge on any atom is 0.160 e. The Morgan fingerprint density at radius 1 is 0.478 bits per heavy atom. The molecule has 0 aromatic heterocycles. The highest BCUT2D eigenvalue weighted by atomic mass is 19.2. The molecule has 0 bridgehead atoms. The van der Waals surface area contributed by atoms with Gasteiger partial charge in [-0.05, 0) is 36.4 Å². The molecule has 1 nitrogen and oxygen atoms in total. The van der Waals surface area contributed by atoms with Gasteiger partial charge in [0, 0.05) is 29.2 Å². The highest BCUT2D eigenvalue weighted by Gasteiger charge is 2.16. The van der Waals surface area contributed by atoms with Crippen molar-refractivity contribution in [2.75, 3.05) is 4.90 Å². The molecule has 3 aromatic rings. The summed E-state index contributed by atoms with van der Waals surface area (Å²) in [7, 11) is 0. The van der Waals surface area contributed by atoms with Crippen LogP contribution in [-0.4, -0.2) is 0 Å². The minimum atomic E-state index is -1.02. The Balaban J connectivity index is 2.17. The monoisotopic (exact) mass is 317 g/mol. The molecule has 3 rings (SSSR count). The van der Waals surface area contributed by atoms with Crippen LogP contribution in [0.4, 0.5) is 34.6 Å². The molecule has 0 saturated carbocycles. The Bertz CT molecular complexity index is 782. The summed E-state index contributed by atoms with van der Waals surface area (Å²) < 4.78 is 53.5. The third-order valence-corrected chi connectivity index (χ3v) is 3.34. The maximum atomic E-state index is 13.6. The zero-order valence-corrected chi connectivity index (χ0v) is 11.8. The predicted octanol–water partition coefficient (Wildman–Crippen LogP) is 5.71. The summed E-state index contributed by atoms with van der Waals surface area (Å²) in [5.74, 6) is -4.00. The van der Waals surface area contributed by atoms with Crippen molar-refractivity contribution >= 4 is 17.1 Å². The van der Waals surface area contributed by atoms with Crippen LogP contribution in [0, 0.1) is 23.3 Å². The van der Waals surface area contributed by atoms with Crippen molar-refractivity contribution in [1.29, 1.82) is 0 Å². The Kier molecular flexibility index (Phi) is 4.02. The Hall–Kier alpha value is -2.82. The average molecular weight is 317 g/mol. The van der Waals surface area contributed by atoms with Gasteiger partial charge in [-0.2, -0.15) is 0 Å². The van der Waals surface area contributed by atoms with E-state index in [0.717, 1.165) is 24.3 Å². The van der Waals surface area contributed by atoms with Crippen LogP contribution in [-0.2, 0) is 0 Å². The Morgan fingerprint density at radius 3 is 1.39 bits per heavy atom. The van der Waals surface area contributed by atoms with Gasteiger partial charge < -0.3 is 4.90 Å². The molecule has 23 heavy (non-hydrogen) atoms. The topological polar surface area (TPSA) is 3.24 Å². The summed E-state index contributed by atoms with van der Waals surface area (Å²) in [6, 6.07) is 15.5. The molecule has 0 saturated heterocycles. The molecule has 116 valence electrons. The number of benzene rings is 3. The quantitative estimate of drug-likeness (QED) is 0.559. The number of para-hydroxylation sites is 1. The minimum Gasteiger partial charge on any atom is -0.310 e. The van der Waals surface area contributed by atoms with Gasteiger partial charge in [-0.15, -0.1) is 0 Å². The van der Waals surface area contributed by atoms with E-state index in [9.17, 15) is 17.6 Å². The van der Waals surface area contributed by atoms with E-state index in [-0.39, 0.29) is 0 Å². The van der Waals surface area contributed by atoms with E-state index in [1.165, 1.54) is 17.0 Å². The van der Waals surface area contributed by atoms with E-state index >= 15 is 0 Å². The number of nitrogens with zero attached hydrogens (tertiary/aromatic N) is 1. The second-order valence-electron chi connectivity index (χ2n) is 4.87. The first-order valence-electron chi connectivity index (χ1n) is 6.81. The molecular formula is C18H11F4N. The fourth-order valence-electron chi connectivity index (χ4n) is 2.27. The van der Waals surface area contributed by atoms with E-state index in [1.54, 1.807) is 30.3 Å². The molecule has 0 aliphatic heterocycles. The van der Waals surface area contributed by atoms with Crippen LogP contribution in [0.2, 0.25) is 0 Å². The molecule has 0 N–H and O–H groups in total. The van der Waals surface area contributed by atoms with Crippen molar-refractivity contribution in [2.24, 2.45) is 0 Å². The molecule has 0 amide bonds. The van der Waals surface area contributed by atoms with E-state index in [0.29, 0.717) is 17.1 Å². The van der Waals surface area contributed by atoms with Crippen molar-refractivity contribution in [3.8, 4) is 0 Å². The third-order valence-electron chi connectivity index (χ3n) is 3.34. The predicted molar refractivity (Wildman–Crippen MR) is 81.0 cm³/mol. The van der Waals surface area contributed by atoms with Crippen molar-refractivity contribution in [1.82, 2.24) is 0 Å². The van der Waals surface area contributed by atoms with Crippen LogP contribution >= 0.6 is 0 Å². The fourth-order valence-corrected chi connectivity index (χ4v) is 2.27. The second-order valence-corrected chi connectivity index (χ2v) is 4.87. The van der Waals surface area contributed by atoms with Gasteiger partial charge in [0.25, 0.3) is 0 Å². The normalized spacial score (nSPS) is 10.6. The summed E-state index contributed by atoms with van der Waals surface area (Å²) >= 11 is 0. The molecule has 0 aliphatic carbocycles. The van der Waals surface area contributed by atoms with Gasteiger partial charge in [0.1, 0.15) is 0 Å². The van der Waals surface area contributed by atoms with Gasteiger partial charge in [0.05, 0.1) is 0 Å². The summed E-state index contributed by atoms with van der Waals surface area (Å²) in [5, 5.41) is 0. The number of rotatable bonds is 3. The summed E-state index contributed by atoms with van der Waals surface area (Å²) in [6.07, 6.45) is 0. The van der Waals surface area contributed by atoms with Crippen molar-refractivity contribution in [2.45, 2.75) is 0 Å². The lowest BCUT2D eigenvalue weighted by Gasteiger charge is -2.25. The van der Waals surface area contributed by atoms with Gasteiger partial charge in [-0.3, -0.25) is 0 Å². The number of anilines is 3. The van der Waals surface area contributed by atoms with Crippen LogP contribution in [0.15, 0.2) is 66.7 Å². The first-order valence-corrected chi connectivity index (χ1v) is 6.81. The lowest BCUT2D eigenvalue weighted by Crippen LogP contribution is -2.11. The van der Waals surface area contributed by atoms with Crippen LogP contribution in [0.5, 0.6) is 0 Å². The molecule has 0 unspecified atom stereocenters. The van der Waals surface area contributed by atoms with Gasteiger partial charge >= 0.3 is 0 Å². The van der Waals surface area contributed by atoms with Gasteiger partial charge in [0.15, 0.2) is 23.3 Å².